The van der Waals surface area contributed by atoms with Crippen molar-refractivity contribution >= 4 is 33.2 Å². The third-order valence-corrected chi connectivity index (χ3v) is 8.30. The van der Waals surface area contributed by atoms with E-state index < -0.39 is 33.4 Å². The summed E-state index contributed by atoms with van der Waals surface area (Å²) in [6, 6.07) is 10.1. The minimum atomic E-state index is -4.03. The SMILES string of the molecule is CCC(C(=O)NC1CCCCC1)N(Cc1cccc(OC)c1)C(=O)CN(c1cc([N+](=O)[O-])ccc1C)S(C)(=O)=O. The largest absolute Gasteiger partial charge is 0.497 e. The van der Waals surface area contributed by atoms with E-state index in [1.54, 1.807) is 38.1 Å². The van der Waals surface area contributed by atoms with Crippen molar-refractivity contribution in [2.45, 2.75) is 71.0 Å². The van der Waals surface area contributed by atoms with Gasteiger partial charge in [0.15, 0.2) is 0 Å². The number of nitrogens with zero attached hydrogens (tertiary/aromatic N) is 3. The van der Waals surface area contributed by atoms with Crippen molar-refractivity contribution in [1.82, 2.24) is 10.2 Å². The first-order valence-corrected chi connectivity index (χ1v) is 15.2. The van der Waals surface area contributed by atoms with E-state index in [4.69, 9.17) is 4.74 Å². The zero-order valence-electron chi connectivity index (χ0n) is 23.5. The van der Waals surface area contributed by atoms with Gasteiger partial charge >= 0.3 is 0 Å². The number of nitro benzene ring substituents is 1. The number of rotatable bonds is 12. The van der Waals surface area contributed by atoms with Gasteiger partial charge in [-0.1, -0.05) is 44.4 Å². The molecule has 40 heavy (non-hydrogen) atoms. The van der Waals surface area contributed by atoms with Crippen LogP contribution >= 0.6 is 0 Å². The highest BCUT2D eigenvalue weighted by atomic mass is 32.2. The van der Waals surface area contributed by atoms with E-state index in [0.29, 0.717) is 23.3 Å². The molecule has 1 aliphatic carbocycles. The molecule has 1 saturated carbocycles. The summed E-state index contributed by atoms with van der Waals surface area (Å²) in [6.45, 7) is 2.83. The third-order valence-electron chi connectivity index (χ3n) is 7.18. The Morgan fingerprint density at radius 3 is 2.45 bits per heavy atom. The second-order valence-electron chi connectivity index (χ2n) is 10.1. The maximum Gasteiger partial charge on any atom is 0.271 e. The van der Waals surface area contributed by atoms with Gasteiger partial charge in [-0.3, -0.25) is 24.0 Å². The molecule has 0 bridgehead atoms. The second kappa shape index (κ2) is 13.6. The highest BCUT2D eigenvalue weighted by Gasteiger charge is 2.33. The fourth-order valence-electron chi connectivity index (χ4n) is 5.01. The smallest absolute Gasteiger partial charge is 0.271 e. The Labute approximate surface area is 235 Å². The minimum Gasteiger partial charge on any atom is -0.497 e. The van der Waals surface area contributed by atoms with Crippen molar-refractivity contribution in [3.63, 3.8) is 0 Å². The molecule has 1 aliphatic rings. The molecular formula is C28H38N4O7S. The Hall–Kier alpha value is -3.67. The van der Waals surface area contributed by atoms with Crippen molar-refractivity contribution in [1.29, 1.82) is 0 Å². The quantitative estimate of drug-likeness (QED) is 0.299. The van der Waals surface area contributed by atoms with Gasteiger partial charge in [-0.25, -0.2) is 8.42 Å². The molecule has 0 aliphatic heterocycles. The number of nitrogens with one attached hydrogen (secondary N) is 1. The molecule has 0 radical (unpaired) electrons. The molecule has 2 amide bonds. The number of hydrogen-bond acceptors (Lipinski definition) is 7. The number of aryl methyl sites for hydroxylation is 1. The Balaban J connectivity index is 1.99. The molecule has 0 saturated heterocycles. The molecule has 1 unspecified atom stereocenters. The van der Waals surface area contributed by atoms with E-state index >= 15 is 0 Å². The topological polar surface area (TPSA) is 139 Å². The van der Waals surface area contributed by atoms with Crippen molar-refractivity contribution < 1.29 is 27.7 Å². The molecule has 1 N–H and O–H groups in total. The molecular weight excluding hydrogens is 536 g/mol. The molecule has 12 heteroatoms. The van der Waals surface area contributed by atoms with Crippen molar-refractivity contribution in [3.8, 4) is 5.75 Å². The van der Waals surface area contributed by atoms with Gasteiger partial charge in [-0.2, -0.15) is 0 Å². The maximum atomic E-state index is 13.9. The first-order valence-electron chi connectivity index (χ1n) is 13.4. The lowest BCUT2D eigenvalue weighted by atomic mass is 9.95. The zero-order valence-corrected chi connectivity index (χ0v) is 24.3. The van der Waals surface area contributed by atoms with Gasteiger partial charge in [0, 0.05) is 24.7 Å². The number of amides is 2. The van der Waals surface area contributed by atoms with Crippen LogP contribution in [0.2, 0.25) is 0 Å². The fourth-order valence-corrected chi connectivity index (χ4v) is 5.91. The van der Waals surface area contributed by atoms with Crippen molar-refractivity contribution in [2.24, 2.45) is 0 Å². The molecule has 3 rings (SSSR count). The monoisotopic (exact) mass is 574 g/mol. The van der Waals surface area contributed by atoms with Crippen LogP contribution in [0.3, 0.4) is 0 Å². The van der Waals surface area contributed by atoms with Crippen LogP contribution in [-0.2, 0) is 26.2 Å². The van der Waals surface area contributed by atoms with E-state index in [1.165, 1.54) is 24.1 Å². The predicted molar refractivity (Wildman–Crippen MR) is 153 cm³/mol. The number of carbonyl (C=O) groups excluding carboxylic acids is 2. The second-order valence-corrected chi connectivity index (χ2v) is 12.0. The van der Waals surface area contributed by atoms with Gasteiger partial charge in [0.05, 0.1) is 24.0 Å². The number of hydrogen-bond donors (Lipinski definition) is 1. The average Bonchev–Trinajstić information content (AvgIpc) is 2.91. The minimum absolute atomic E-state index is 0.0316. The number of nitro groups is 1. The number of methoxy groups -OCH3 is 1. The molecule has 11 nitrogen and oxygen atoms in total. The van der Waals surface area contributed by atoms with Crippen LogP contribution in [0.25, 0.3) is 0 Å². The lowest BCUT2D eigenvalue weighted by molar-refractivity contribution is -0.384. The average molecular weight is 575 g/mol. The summed E-state index contributed by atoms with van der Waals surface area (Å²) < 4.78 is 32.0. The Kier molecular flexibility index (Phi) is 10.5. The molecule has 2 aromatic rings. The third kappa shape index (κ3) is 7.93. The summed E-state index contributed by atoms with van der Waals surface area (Å²) in [5.74, 6) is -0.317. The number of non-ortho nitro benzene ring substituents is 1. The summed E-state index contributed by atoms with van der Waals surface area (Å²) in [5.41, 5.74) is 0.888. The highest BCUT2D eigenvalue weighted by Crippen LogP contribution is 2.28. The Morgan fingerprint density at radius 1 is 1.15 bits per heavy atom. The number of anilines is 1. The Morgan fingerprint density at radius 2 is 1.85 bits per heavy atom. The highest BCUT2D eigenvalue weighted by molar-refractivity contribution is 7.92. The van der Waals surface area contributed by atoms with E-state index in [0.717, 1.165) is 48.7 Å². The summed E-state index contributed by atoms with van der Waals surface area (Å²) in [7, 11) is -2.50. The van der Waals surface area contributed by atoms with Crippen molar-refractivity contribution in [2.75, 3.05) is 24.2 Å². The van der Waals surface area contributed by atoms with Gasteiger partial charge < -0.3 is 15.0 Å². The molecule has 0 heterocycles. The lowest BCUT2D eigenvalue weighted by Gasteiger charge is -2.34. The Bertz CT molecular complexity index is 1330. The lowest BCUT2D eigenvalue weighted by Crippen LogP contribution is -2.54. The molecule has 1 fully saturated rings. The zero-order chi connectivity index (χ0) is 29.4. The van der Waals surface area contributed by atoms with Gasteiger partial charge in [0.25, 0.3) is 5.69 Å². The van der Waals surface area contributed by atoms with Crippen LogP contribution in [0.15, 0.2) is 42.5 Å². The maximum absolute atomic E-state index is 13.9. The molecule has 0 spiro atoms. The predicted octanol–water partition coefficient (Wildman–Crippen LogP) is 3.93. The summed E-state index contributed by atoms with van der Waals surface area (Å²) in [5, 5.41) is 14.5. The van der Waals surface area contributed by atoms with E-state index in [-0.39, 0.29) is 29.9 Å². The van der Waals surface area contributed by atoms with Crippen LogP contribution in [0.1, 0.15) is 56.6 Å². The standard InChI is InChI=1S/C28H38N4O7S/c1-5-25(28(34)29-22-11-7-6-8-12-22)30(18-21-10-9-13-24(16-21)39-3)27(33)19-31(40(4,37)38)26-17-23(32(35)36)15-14-20(26)2/h9-10,13-17,22,25H,5-8,11-12,18-19H2,1-4H3,(H,29,34). The van der Waals surface area contributed by atoms with Crippen molar-refractivity contribution in [3.05, 3.63) is 63.7 Å². The molecule has 218 valence electrons. The molecule has 0 aromatic heterocycles. The summed E-state index contributed by atoms with van der Waals surface area (Å²) in [4.78, 5) is 39.6. The van der Waals surface area contributed by atoms with Crippen LogP contribution < -0.4 is 14.4 Å². The van der Waals surface area contributed by atoms with Gasteiger partial charge in [0.2, 0.25) is 21.8 Å². The van der Waals surface area contributed by atoms with Gasteiger partial charge in [-0.15, -0.1) is 0 Å². The fraction of sp³-hybridized carbons (Fsp3) is 0.500. The van der Waals surface area contributed by atoms with E-state index in [9.17, 15) is 28.1 Å². The first kappa shape index (κ1) is 30.9. The van der Waals surface area contributed by atoms with Crippen LogP contribution in [0.4, 0.5) is 11.4 Å². The van der Waals surface area contributed by atoms with Gasteiger partial charge in [-0.05, 0) is 49.4 Å². The van der Waals surface area contributed by atoms with Crippen LogP contribution in [0.5, 0.6) is 5.75 Å². The van der Waals surface area contributed by atoms with E-state index in [1.807, 2.05) is 0 Å². The molecule has 1 atom stereocenters. The summed E-state index contributed by atoms with van der Waals surface area (Å²) >= 11 is 0. The molecule has 2 aromatic carbocycles. The number of benzene rings is 2. The van der Waals surface area contributed by atoms with Crippen LogP contribution in [-0.4, -0.2) is 62.0 Å². The van der Waals surface area contributed by atoms with E-state index in [2.05, 4.69) is 5.32 Å². The number of ether oxygens (including phenoxy) is 1. The summed E-state index contributed by atoms with van der Waals surface area (Å²) in [6.07, 6.45) is 6.18. The van der Waals surface area contributed by atoms with Crippen LogP contribution in [0, 0.1) is 17.0 Å². The first-order chi connectivity index (χ1) is 18.9. The van der Waals surface area contributed by atoms with Gasteiger partial charge in [0.1, 0.15) is 18.3 Å². The normalized spacial score (nSPS) is 14.7. The number of sulfonamides is 1. The number of carbonyl (C=O) groups is 2.